The highest BCUT2D eigenvalue weighted by molar-refractivity contribution is 5.65. The summed E-state index contributed by atoms with van der Waals surface area (Å²) in [6.07, 6.45) is 9.97. The first kappa shape index (κ1) is 16.7. The highest BCUT2D eigenvalue weighted by atomic mass is 15.3. The van der Waals surface area contributed by atoms with E-state index in [1.807, 2.05) is 0 Å². The Balaban J connectivity index is 1.77. The van der Waals surface area contributed by atoms with Gasteiger partial charge in [0.15, 0.2) is 5.82 Å². The summed E-state index contributed by atoms with van der Waals surface area (Å²) in [5.74, 6) is 1.37. The van der Waals surface area contributed by atoms with E-state index in [4.69, 9.17) is 0 Å². The van der Waals surface area contributed by atoms with Gasteiger partial charge in [0.1, 0.15) is 0 Å². The van der Waals surface area contributed by atoms with Crippen LogP contribution in [0.3, 0.4) is 0 Å². The van der Waals surface area contributed by atoms with E-state index in [-0.39, 0.29) is 0 Å². The Hall–Kier alpha value is -2.17. The molecular weight excluding hydrogens is 298 g/mol. The number of benzene rings is 1. The minimum Gasteiger partial charge on any atom is -0.350 e. The molecule has 0 radical (unpaired) electrons. The van der Waals surface area contributed by atoms with Crippen molar-refractivity contribution in [3.8, 4) is 0 Å². The smallest absolute Gasteiger partial charge is 0.244 e. The molecule has 5 nitrogen and oxygen atoms in total. The van der Waals surface area contributed by atoms with Crippen molar-refractivity contribution in [1.82, 2.24) is 15.2 Å². The average molecular weight is 325 g/mol. The molecule has 1 aromatic heterocycles. The topological polar surface area (TPSA) is 62.7 Å². The number of anilines is 3. The Bertz CT molecular complexity index is 642. The van der Waals surface area contributed by atoms with Gasteiger partial charge in [-0.3, -0.25) is 0 Å². The standard InChI is InChI=1S/C19H27N5/c1-3-14-9-8-10-15(4-2)18(14)22-17-13-20-24-19(23-17)21-16-11-6-5-7-12-16/h8-10,13,16H,3-7,11-12H2,1-2H3,(H2,21,22,23,24). The van der Waals surface area contributed by atoms with Crippen molar-refractivity contribution in [2.24, 2.45) is 0 Å². The maximum absolute atomic E-state index is 4.62. The molecule has 128 valence electrons. The molecule has 0 amide bonds. The Kier molecular flexibility index (Phi) is 5.62. The maximum Gasteiger partial charge on any atom is 0.244 e. The molecule has 0 saturated heterocycles. The van der Waals surface area contributed by atoms with Crippen molar-refractivity contribution in [2.75, 3.05) is 10.6 Å². The summed E-state index contributed by atoms with van der Waals surface area (Å²) < 4.78 is 0. The number of nitrogens with one attached hydrogen (secondary N) is 2. The lowest BCUT2D eigenvalue weighted by Crippen LogP contribution is -2.23. The number of rotatable bonds is 6. The van der Waals surface area contributed by atoms with Gasteiger partial charge in [-0.05, 0) is 36.8 Å². The molecule has 1 heterocycles. The fraction of sp³-hybridized carbons (Fsp3) is 0.526. The summed E-state index contributed by atoms with van der Waals surface area (Å²) >= 11 is 0. The fourth-order valence-corrected chi connectivity index (χ4v) is 3.39. The molecule has 2 aromatic rings. The Morgan fingerprint density at radius 2 is 1.75 bits per heavy atom. The number of hydrogen-bond donors (Lipinski definition) is 2. The number of aromatic nitrogens is 3. The van der Waals surface area contributed by atoms with E-state index in [1.165, 1.54) is 43.2 Å². The van der Waals surface area contributed by atoms with E-state index >= 15 is 0 Å². The van der Waals surface area contributed by atoms with Crippen molar-refractivity contribution >= 4 is 17.5 Å². The van der Waals surface area contributed by atoms with Gasteiger partial charge in [-0.2, -0.15) is 10.1 Å². The maximum atomic E-state index is 4.62. The molecule has 0 aliphatic heterocycles. The quantitative estimate of drug-likeness (QED) is 0.819. The van der Waals surface area contributed by atoms with Crippen LogP contribution in [0.1, 0.15) is 57.1 Å². The van der Waals surface area contributed by atoms with Crippen molar-refractivity contribution in [1.29, 1.82) is 0 Å². The zero-order valence-electron chi connectivity index (χ0n) is 14.7. The van der Waals surface area contributed by atoms with Crippen LogP contribution in [-0.2, 0) is 12.8 Å². The molecule has 1 fully saturated rings. The predicted octanol–water partition coefficient (Wildman–Crippen LogP) is 4.48. The van der Waals surface area contributed by atoms with Crippen molar-refractivity contribution < 1.29 is 0 Å². The van der Waals surface area contributed by atoms with Crippen molar-refractivity contribution in [3.63, 3.8) is 0 Å². The first-order chi connectivity index (χ1) is 11.8. The van der Waals surface area contributed by atoms with Crippen LogP contribution in [0.5, 0.6) is 0 Å². The van der Waals surface area contributed by atoms with Gasteiger partial charge in [0.05, 0.1) is 6.20 Å². The van der Waals surface area contributed by atoms with E-state index in [0.29, 0.717) is 12.0 Å². The normalized spacial score (nSPS) is 15.2. The summed E-state index contributed by atoms with van der Waals surface area (Å²) in [6, 6.07) is 6.93. The van der Waals surface area contributed by atoms with Crippen molar-refractivity contribution in [3.05, 3.63) is 35.5 Å². The van der Waals surface area contributed by atoms with Crippen LogP contribution in [0, 0.1) is 0 Å². The summed E-state index contributed by atoms with van der Waals surface area (Å²) in [5, 5.41) is 15.2. The zero-order chi connectivity index (χ0) is 16.8. The van der Waals surface area contributed by atoms with Gasteiger partial charge >= 0.3 is 0 Å². The highest BCUT2D eigenvalue weighted by Gasteiger charge is 2.15. The minimum absolute atomic E-state index is 0.477. The van der Waals surface area contributed by atoms with Crippen LogP contribution in [0.4, 0.5) is 17.5 Å². The number of para-hydroxylation sites is 1. The molecule has 0 bridgehead atoms. The molecular formula is C19H27N5. The van der Waals surface area contributed by atoms with Gasteiger partial charge in [-0.15, -0.1) is 5.10 Å². The zero-order valence-corrected chi connectivity index (χ0v) is 14.7. The third-order valence-electron chi connectivity index (χ3n) is 4.75. The molecule has 1 saturated carbocycles. The molecule has 1 aliphatic rings. The van der Waals surface area contributed by atoms with Gasteiger partial charge in [-0.25, -0.2) is 0 Å². The van der Waals surface area contributed by atoms with Crippen LogP contribution in [-0.4, -0.2) is 21.2 Å². The first-order valence-electron chi connectivity index (χ1n) is 9.14. The number of aryl methyl sites for hydroxylation is 2. The Morgan fingerprint density at radius 1 is 1.04 bits per heavy atom. The molecule has 1 aromatic carbocycles. The molecule has 2 N–H and O–H groups in total. The lowest BCUT2D eigenvalue weighted by Gasteiger charge is -2.22. The number of nitrogens with zero attached hydrogens (tertiary/aromatic N) is 3. The van der Waals surface area contributed by atoms with Gasteiger partial charge < -0.3 is 10.6 Å². The van der Waals surface area contributed by atoms with Gasteiger partial charge in [0, 0.05) is 11.7 Å². The first-order valence-corrected chi connectivity index (χ1v) is 9.14. The monoisotopic (exact) mass is 325 g/mol. The highest BCUT2D eigenvalue weighted by Crippen LogP contribution is 2.26. The third kappa shape index (κ3) is 4.02. The SMILES string of the molecule is CCc1cccc(CC)c1Nc1cnnc(NC2CCCCC2)n1. The molecule has 3 rings (SSSR count). The summed E-state index contributed by atoms with van der Waals surface area (Å²) in [4.78, 5) is 4.62. The molecule has 0 spiro atoms. The lowest BCUT2D eigenvalue weighted by molar-refractivity contribution is 0.460. The van der Waals surface area contributed by atoms with Gasteiger partial charge in [0.2, 0.25) is 5.95 Å². The Labute approximate surface area is 144 Å². The fourth-order valence-electron chi connectivity index (χ4n) is 3.39. The van der Waals surface area contributed by atoms with E-state index in [1.54, 1.807) is 6.20 Å². The second kappa shape index (κ2) is 8.08. The summed E-state index contributed by atoms with van der Waals surface area (Å²) in [6.45, 7) is 4.35. The van der Waals surface area contributed by atoms with Crippen LogP contribution in [0.2, 0.25) is 0 Å². The predicted molar refractivity (Wildman–Crippen MR) is 98.8 cm³/mol. The Morgan fingerprint density at radius 3 is 2.42 bits per heavy atom. The average Bonchev–Trinajstić information content (AvgIpc) is 2.63. The van der Waals surface area contributed by atoms with Crippen molar-refractivity contribution in [2.45, 2.75) is 64.8 Å². The van der Waals surface area contributed by atoms with E-state index in [9.17, 15) is 0 Å². The molecule has 1 aliphatic carbocycles. The third-order valence-corrected chi connectivity index (χ3v) is 4.75. The van der Waals surface area contributed by atoms with E-state index in [0.717, 1.165) is 24.3 Å². The lowest BCUT2D eigenvalue weighted by atomic mass is 9.96. The van der Waals surface area contributed by atoms with Crippen LogP contribution >= 0.6 is 0 Å². The molecule has 0 unspecified atom stereocenters. The van der Waals surface area contributed by atoms with Gasteiger partial charge in [-0.1, -0.05) is 51.3 Å². The summed E-state index contributed by atoms with van der Waals surface area (Å²) in [7, 11) is 0. The second-order valence-electron chi connectivity index (χ2n) is 6.43. The molecule has 24 heavy (non-hydrogen) atoms. The number of hydrogen-bond acceptors (Lipinski definition) is 5. The largest absolute Gasteiger partial charge is 0.350 e. The van der Waals surface area contributed by atoms with E-state index < -0.39 is 0 Å². The summed E-state index contributed by atoms with van der Waals surface area (Å²) in [5.41, 5.74) is 3.76. The molecule has 5 heteroatoms. The van der Waals surface area contributed by atoms with Crippen LogP contribution in [0.15, 0.2) is 24.4 Å². The molecule has 0 atom stereocenters. The van der Waals surface area contributed by atoms with Crippen LogP contribution in [0.25, 0.3) is 0 Å². The van der Waals surface area contributed by atoms with Gasteiger partial charge in [0.25, 0.3) is 0 Å². The minimum atomic E-state index is 0.477. The second-order valence-corrected chi connectivity index (χ2v) is 6.43. The van der Waals surface area contributed by atoms with Crippen LogP contribution < -0.4 is 10.6 Å². The van der Waals surface area contributed by atoms with E-state index in [2.05, 4.69) is 57.9 Å².